The van der Waals surface area contributed by atoms with Gasteiger partial charge in [0.25, 0.3) is 5.91 Å². The number of anilines is 1. The Morgan fingerprint density at radius 2 is 1.84 bits per heavy atom. The number of benzene rings is 2. The van der Waals surface area contributed by atoms with E-state index in [4.69, 9.17) is 4.42 Å². The molecule has 4 heterocycles. The number of pyridine rings is 1. The molecule has 2 fully saturated rings. The largest absolute Gasteiger partial charge is 0.436 e. The highest BCUT2D eigenvalue weighted by Crippen LogP contribution is 2.35. The van der Waals surface area contributed by atoms with Gasteiger partial charge in [-0.15, -0.1) is 10.2 Å². The fraction of sp³-hybridized carbons (Fsp3) is 0.300. The quantitative estimate of drug-likeness (QED) is 0.307. The Morgan fingerprint density at radius 1 is 1.05 bits per heavy atom. The van der Waals surface area contributed by atoms with Crippen LogP contribution >= 0.6 is 0 Å². The summed E-state index contributed by atoms with van der Waals surface area (Å²) in [6, 6.07) is 18.3. The average molecular weight is 582 g/mol. The maximum atomic E-state index is 13.5. The first-order valence-corrected chi connectivity index (χ1v) is 14.1. The molecule has 1 unspecified atom stereocenters. The molecule has 5 aromatic rings. The Kier molecular flexibility index (Phi) is 6.86. The standard InChI is InChI=1S/C30H28FN9O3/c1-38-36-27(35-37-38)26(18-5-3-2-4-6-18)39-11-13-40(14-12-39)30(42)24-15-19(9-10-32-24)29-34-23-16-20(7-8-25(23)43-29)33-28(41)21-17-22(21)31/h2-10,15-16,21-22,26H,11-14,17H2,1H3,(H,33,41)/t21-,22-,26?/m1/s1. The number of halogens is 1. The lowest BCUT2D eigenvalue weighted by Gasteiger charge is -2.38. The van der Waals surface area contributed by atoms with Crippen LogP contribution in [0.2, 0.25) is 0 Å². The van der Waals surface area contributed by atoms with Gasteiger partial charge in [0, 0.05) is 43.6 Å². The van der Waals surface area contributed by atoms with E-state index >= 15 is 0 Å². The molecule has 1 N–H and O–H groups in total. The van der Waals surface area contributed by atoms with Crippen molar-refractivity contribution in [2.24, 2.45) is 13.0 Å². The molecule has 0 radical (unpaired) electrons. The van der Waals surface area contributed by atoms with Gasteiger partial charge in [-0.1, -0.05) is 30.3 Å². The van der Waals surface area contributed by atoms with Crippen LogP contribution in [0, 0.1) is 5.92 Å². The molecule has 218 valence electrons. The first-order chi connectivity index (χ1) is 20.9. The molecular weight excluding hydrogens is 553 g/mol. The van der Waals surface area contributed by atoms with E-state index in [0.717, 1.165) is 5.56 Å². The van der Waals surface area contributed by atoms with E-state index in [-0.39, 0.29) is 24.3 Å². The maximum absolute atomic E-state index is 13.5. The summed E-state index contributed by atoms with van der Waals surface area (Å²) in [5.74, 6) is -0.155. The third-order valence-corrected chi connectivity index (χ3v) is 7.78. The summed E-state index contributed by atoms with van der Waals surface area (Å²) in [4.78, 5) is 40.0. The lowest BCUT2D eigenvalue weighted by molar-refractivity contribution is -0.117. The van der Waals surface area contributed by atoms with Crippen molar-refractivity contribution in [2.75, 3.05) is 31.5 Å². The molecule has 0 spiro atoms. The number of nitrogens with one attached hydrogen (secondary N) is 1. The topological polar surface area (TPSA) is 135 Å². The number of hydrogen-bond acceptors (Lipinski definition) is 9. The predicted octanol–water partition coefficient (Wildman–Crippen LogP) is 3.26. The summed E-state index contributed by atoms with van der Waals surface area (Å²) < 4.78 is 19.2. The third kappa shape index (κ3) is 5.46. The smallest absolute Gasteiger partial charge is 0.272 e. The van der Waals surface area contributed by atoms with Crippen molar-refractivity contribution in [1.82, 2.24) is 40.0 Å². The zero-order valence-electron chi connectivity index (χ0n) is 23.3. The molecule has 2 aliphatic rings. The number of hydrogen-bond donors (Lipinski definition) is 1. The number of fused-ring (bicyclic) bond motifs is 1. The van der Waals surface area contributed by atoms with Gasteiger partial charge in [-0.2, -0.15) is 4.80 Å². The fourth-order valence-corrected chi connectivity index (χ4v) is 5.39. The van der Waals surface area contributed by atoms with E-state index in [9.17, 15) is 14.0 Å². The minimum absolute atomic E-state index is 0.170. The second-order valence-electron chi connectivity index (χ2n) is 10.8. The lowest BCUT2D eigenvalue weighted by atomic mass is 10.0. The minimum atomic E-state index is -1.07. The van der Waals surface area contributed by atoms with E-state index < -0.39 is 12.1 Å². The number of rotatable bonds is 7. The Hall–Kier alpha value is -5.04. The summed E-state index contributed by atoms with van der Waals surface area (Å²) in [5.41, 5.74) is 3.54. The molecule has 1 saturated heterocycles. The average Bonchev–Trinajstić information content (AvgIpc) is 3.39. The van der Waals surface area contributed by atoms with Crippen molar-refractivity contribution in [1.29, 1.82) is 0 Å². The van der Waals surface area contributed by atoms with Crippen LogP contribution in [0.5, 0.6) is 0 Å². The van der Waals surface area contributed by atoms with Crippen LogP contribution in [0.25, 0.3) is 22.6 Å². The van der Waals surface area contributed by atoms with Crippen molar-refractivity contribution in [3.05, 3.63) is 83.9 Å². The first-order valence-electron chi connectivity index (χ1n) is 14.1. The molecule has 2 aromatic carbocycles. The van der Waals surface area contributed by atoms with Gasteiger partial charge in [0.2, 0.25) is 11.8 Å². The molecule has 43 heavy (non-hydrogen) atoms. The van der Waals surface area contributed by atoms with E-state index in [1.165, 1.54) is 4.80 Å². The monoisotopic (exact) mass is 581 g/mol. The van der Waals surface area contributed by atoms with Gasteiger partial charge in [0.1, 0.15) is 17.4 Å². The third-order valence-electron chi connectivity index (χ3n) is 7.78. The predicted molar refractivity (Wildman–Crippen MR) is 153 cm³/mol. The highest BCUT2D eigenvalue weighted by molar-refractivity contribution is 5.96. The van der Waals surface area contributed by atoms with Gasteiger partial charge < -0.3 is 14.6 Å². The Balaban J connectivity index is 1.05. The van der Waals surface area contributed by atoms with Crippen molar-refractivity contribution >= 4 is 28.6 Å². The molecule has 0 bridgehead atoms. The fourth-order valence-electron chi connectivity index (χ4n) is 5.39. The van der Waals surface area contributed by atoms with Crippen LogP contribution < -0.4 is 5.32 Å². The summed E-state index contributed by atoms with van der Waals surface area (Å²) >= 11 is 0. The summed E-state index contributed by atoms with van der Waals surface area (Å²) in [7, 11) is 1.74. The number of oxazole rings is 1. The van der Waals surface area contributed by atoms with Crippen LogP contribution in [0.3, 0.4) is 0 Å². The number of carbonyl (C=O) groups is 2. The number of amides is 2. The number of nitrogens with zero attached hydrogens (tertiary/aromatic N) is 8. The van der Waals surface area contributed by atoms with Crippen LogP contribution in [0.1, 0.15) is 34.3 Å². The van der Waals surface area contributed by atoms with E-state index in [2.05, 4.69) is 35.6 Å². The number of carbonyl (C=O) groups excluding carboxylic acids is 2. The SMILES string of the molecule is Cn1nnc(C(c2ccccc2)N2CCN(C(=O)c3cc(-c4nc5cc(NC(=O)[C@@H]6C[C@H]6F)ccc5o4)ccn3)CC2)n1. The van der Waals surface area contributed by atoms with Gasteiger partial charge in [-0.3, -0.25) is 19.5 Å². The Morgan fingerprint density at radius 3 is 2.56 bits per heavy atom. The number of piperazine rings is 1. The van der Waals surface area contributed by atoms with Crippen LogP contribution in [-0.4, -0.2) is 84.1 Å². The highest BCUT2D eigenvalue weighted by atomic mass is 19.1. The van der Waals surface area contributed by atoms with E-state index in [1.54, 1.807) is 48.5 Å². The molecule has 13 heteroatoms. The Bertz CT molecular complexity index is 1800. The van der Waals surface area contributed by atoms with Gasteiger partial charge in [-0.25, -0.2) is 9.37 Å². The van der Waals surface area contributed by atoms with E-state index in [1.807, 2.05) is 30.3 Å². The normalized spacial score (nSPS) is 19.3. The lowest BCUT2D eigenvalue weighted by Crippen LogP contribution is -2.50. The molecule has 3 aromatic heterocycles. The van der Waals surface area contributed by atoms with Crippen LogP contribution in [0.15, 0.2) is 71.3 Å². The van der Waals surface area contributed by atoms with Crippen molar-refractivity contribution < 1.29 is 18.4 Å². The summed E-state index contributed by atoms with van der Waals surface area (Å²) in [6.45, 7) is 2.27. The number of aromatic nitrogens is 6. The number of aryl methyl sites for hydroxylation is 1. The van der Waals surface area contributed by atoms with Gasteiger partial charge in [-0.05, 0) is 47.5 Å². The zero-order chi connectivity index (χ0) is 29.5. The van der Waals surface area contributed by atoms with Crippen LogP contribution in [-0.2, 0) is 11.8 Å². The Labute approximate surface area is 245 Å². The molecule has 12 nitrogen and oxygen atoms in total. The van der Waals surface area contributed by atoms with Crippen LogP contribution in [0.4, 0.5) is 10.1 Å². The second kappa shape index (κ2) is 11.0. The van der Waals surface area contributed by atoms with Crippen molar-refractivity contribution in [3.8, 4) is 11.5 Å². The zero-order valence-corrected chi connectivity index (χ0v) is 23.3. The number of tetrazole rings is 1. The molecule has 1 saturated carbocycles. The van der Waals surface area contributed by atoms with Gasteiger partial charge in [0.05, 0.1) is 19.0 Å². The van der Waals surface area contributed by atoms with Gasteiger partial charge >= 0.3 is 0 Å². The van der Waals surface area contributed by atoms with E-state index in [0.29, 0.717) is 65.9 Å². The molecule has 2 amide bonds. The second-order valence-corrected chi connectivity index (χ2v) is 10.8. The van der Waals surface area contributed by atoms with Crippen molar-refractivity contribution in [2.45, 2.75) is 18.6 Å². The van der Waals surface area contributed by atoms with Gasteiger partial charge in [0.15, 0.2) is 11.4 Å². The summed E-state index contributed by atoms with van der Waals surface area (Å²) in [6.07, 6.45) is 0.755. The molecule has 1 aliphatic carbocycles. The highest BCUT2D eigenvalue weighted by Gasteiger charge is 2.43. The first kappa shape index (κ1) is 26.8. The minimum Gasteiger partial charge on any atom is -0.436 e. The molecule has 7 rings (SSSR count). The molecular formula is C30H28FN9O3. The summed E-state index contributed by atoms with van der Waals surface area (Å²) in [5, 5.41) is 15.5. The molecule has 3 atom stereocenters. The maximum Gasteiger partial charge on any atom is 0.272 e. The number of alkyl halides is 1. The van der Waals surface area contributed by atoms with Crippen molar-refractivity contribution in [3.63, 3.8) is 0 Å². The molecule has 1 aliphatic heterocycles.